The van der Waals surface area contributed by atoms with E-state index in [1.807, 2.05) is 30.3 Å². The average molecular weight is 262 g/mol. The normalized spacial score (nSPS) is 23.2. The summed E-state index contributed by atoms with van der Waals surface area (Å²) < 4.78 is 26.8. The van der Waals surface area contributed by atoms with Gasteiger partial charge in [-0.3, -0.25) is 0 Å². The van der Waals surface area contributed by atoms with Crippen molar-refractivity contribution in [2.24, 2.45) is 5.73 Å². The van der Waals surface area contributed by atoms with Gasteiger partial charge in [0.15, 0.2) is 0 Å². The van der Waals surface area contributed by atoms with E-state index in [1.54, 1.807) is 12.1 Å². The fourth-order valence-electron chi connectivity index (χ4n) is 1.95. The van der Waals surface area contributed by atoms with Gasteiger partial charge in [0.05, 0.1) is 4.90 Å². The van der Waals surface area contributed by atoms with Crippen LogP contribution in [-0.2, 0) is 10.0 Å². The third-order valence-corrected chi connectivity index (χ3v) is 4.67. The van der Waals surface area contributed by atoms with Crippen LogP contribution in [0.2, 0.25) is 0 Å². The summed E-state index contributed by atoms with van der Waals surface area (Å²) in [5.74, 6) is 0. The first-order chi connectivity index (χ1) is 8.56. The van der Waals surface area contributed by atoms with E-state index in [0.29, 0.717) is 11.3 Å². The van der Waals surface area contributed by atoms with Crippen molar-refractivity contribution >= 4 is 20.8 Å². The average Bonchev–Trinajstić information content (AvgIpc) is 3.03. The smallest absolute Gasteiger partial charge is 0.240 e. The second-order valence-corrected chi connectivity index (χ2v) is 6.35. The van der Waals surface area contributed by atoms with Gasteiger partial charge in [0.1, 0.15) is 0 Å². The molecule has 2 aromatic rings. The van der Waals surface area contributed by atoms with E-state index < -0.39 is 10.0 Å². The van der Waals surface area contributed by atoms with Gasteiger partial charge in [-0.2, -0.15) is 0 Å². The SMILES string of the molecule is NC1CC1NS(=O)(=O)c1ccc2ccccc2c1. The number of rotatable bonds is 3. The molecule has 4 nitrogen and oxygen atoms in total. The van der Waals surface area contributed by atoms with Gasteiger partial charge in [-0.15, -0.1) is 0 Å². The Morgan fingerprint density at radius 3 is 2.44 bits per heavy atom. The molecule has 0 saturated heterocycles. The predicted molar refractivity (Wildman–Crippen MR) is 70.6 cm³/mol. The maximum atomic E-state index is 12.1. The summed E-state index contributed by atoms with van der Waals surface area (Å²) in [4.78, 5) is 0.292. The molecule has 0 heterocycles. The molecule has 0 aliphatic heterocycles. The van der Waals surface area contributed by atoms with Crippen molar-refractivity contribution in [1.29, 1.82) is 0 Å². The molecule has 0 bridgehead atoms. The Kier molecular flexibility index (Phi) is 2.62. The molecule has 3 N–H and O–H groups in total. The summed E-state index contributed by atoms with van der Waals surface area (Å²) in [5.41, 5.74) is 5.62. The van der Waals surface area contributed by atoms with Crippen LogP contribution in [0.25, 0.3) is 10.8 Å². The third kappa shape index (κ3) is 2.12. The van der Waals surface area contributed by atoms with E-state index in [-0.39, 0.29) is 12.1 Å². The highest BCUT2D eigenvalue weighted by Crippen LogP contribution is 2.23. The van der Waals surface area contributed by atoms with E-state index in [4.69, 9.17) is 5.73 Å². The van der Waals surface area contributed by atoms with Crippen LogP contribution >= 0.6 is 0 Å². The molecule has 0 aromatic heterocycles. The van der Waals surface area contributed by atoms with Crippen LogP contribution in [0.15, 0.2) is 47.4 Å². The summed E-state index contributed by atoms with van der Waals surface area (Å²) >= 11 is 0. The van der Waals surface area contributed by atoms with Gasteiger partial charge >= 0.3 is 0 Å². The lowest BCUT2D eigenvalue weighted by molar-refractivity contribution is 0.580. The highest BCUT2D eigenvalue weighted by Gasteiger charge is 2.37. The number of hydrogen-bond acceptors (Lipinski definition) is 3. The topological polar surface area (TPSA) is 72.2 Å². The third-order valence-electron chi connectivity index (χ3n) is 3.18. The van der Waals surface area contributed by atoms with Crippen molar-refractivity contribution < 1.29 is 8.42 Å². The van der Waals surface area contributed by atoms with Gasteiger partial charge in [-0.1, -0.05) is 30.3 Å². The quantitative estimate of drug-likeness (QED) is 0.873. The number of hydrogen-bond donors (Lipinski definition) is 2. The van der Waals surface area contributed by atoms with Crippen molar-refractivity contribution in [1.82, 2.24) is 4.72 Å². The molecule has 94 valence electrons. The monoisotopic (exact) mass is 262 g/mol. The number of sulfonamides is 1. The largest absolute Gasteiger partial charge is 0.326 e. The summed E-state index contributed by atoms with van der Waals surface area (Å²) in [7, 11) is -3.45. The van der Waals surface area contributed by atoms with Gasteiger partial charge in [0.2, 0.25) is 10.0 Å². The van der Waals surface area contributed by atoms with Crippen LogP contribution < -0.4 is 10.5 Å². The van der Waals surface area contributed by atoms with Crippen LogP contribution in [0.1, 0.15) is 6.42 Å². The minimum absolute atomic E-state index is 0.0415. The molecule has 1 saturated carbocycles. The molecule has 0 spiro atoms. The van der Waals surface area contributed by atoms with Crippen molar-refractivity contribution in [3.8, 4) is 0 Å². The molecule has 1 aliphatic carbocycles. The zero-order valence-corrected chi connectivity index (χ0v) is 10.5. The predicted octanol–water partition coefficient (Wildman–Crippen LogP) is 1.22. The standard InChI is InChI=1S/C13H14N2O2S/c14-12-8-13(12)15-18(16,17)11-6-5-9-3-1-2-4-10(9)7-11/h1-7,12-13,15H,8,14H2. The second kappa shape index (κ2) is 4.05. The van der Waals surface area contributed by atoms with Gasteiger partial charge in [-0.25, -0.2) is 13.1 Å². The Morgan fingerprint density at radius 2 is 1.78 bits per heavy atom. The van der Waals surface area contributed by atoms with Crippen LogP contribution in [0.5, 0.6) is 0 Å². The van der Waals surface area contributed by atoms with Crippen molar-refractivity contribution in [2.75, 3.05) is 0 Å². The van der Waals surface area contributed by atoms with Gasteiger partial charge in [-0.05, 0) is 29.3 Å². The fourth-order valence-corrected chi connectivity index (χ4v) is 3.29. The molecule has 3 rings (SSSR count). The van der Waals surface area contributed by atoms with E-state index in [1.165, 1.54) is 0 Å². The molecule has 18 heavy (non-hydrogen) atoms. The molecule has 0 amide bonds. The number of nitrogens with one attached hydrogen (secondary N) is 1. The summed E-state index contributed by atoms with van der Waals surface area (Å²) in [6, 6.07) is 12.6. The van der Waals surface area contributed by atoms with Crippen molar-refractivity contribution in [2.45, 2.75) is 23.4 Å². The first-order valence-electron chi connectivity index (χ1n) is 5.83. The molecule has 5 heteroatoms. The van der Waals surface area contributed by atoms with Gasteiger partial charge in [0.25, 0.3) is 0 Å². The molecule has 1 aliphatic rings. The van der Waals surface area contributed by atoms with Crippen LogP contribution in [0.4, 0.5) is 0 Å². The molecule has 0 radical (unpaired) electrons. The van der Waals surface area contributed by atoms with E-state index >= 15 is 0 Å². The molecule has 1 fully saturated rings. The second-order valence-electron chi connectivity index (χ2n) is 4.64. The lowest BCUT2D eigenvalue weighted by Gasteiger charge is -2.07. The first-order valence-corrected chi connectivity index (χ1v) is 7.31. The van der Waals surface area contributed by atoms with Gasteiger partial charge < -0.3 is 5.73 Å². The molecule has 2 unspecified atom stereocenters. The highest BCUT2D eigenvalue weighted by molar-refractivity contribution is 7.89. The van der Waals surface area contributed by atoms with Crippen LogP contribution in [0, 0.1) is 0 Å². The number of fused-ring (bicyclic) bond motifs is 1. The zero-order valence-electron chi connectivity index (χ0n) is 9.71. The summed E-state index contributed by atoms with van der Waals surface area (Å²) in [6.07, 6.45) is 0.715. The zero-order chi connectivity index (χ0) is 12.8. The molecular formula is C13H14N2O2S. The Labute approximate surface area is 106 Å². The lowest BCUT2D eigenvalue weighted by Crippen LogP contribution is -2.29. The minimum Gasteiger partial charge on any atom is -0.326 e. The Balaban J connectivity index is 1.98. The van der Waals surface area contributed by atoms with Crippen LogP contribution in [0.3, 0.4) is 0 Å². The maximum absolute atomic E-state index is 12.1. The van der Waals surface area contributed by atoms with Crippen LogP contribution in [-0.4, -0.2) is 20.5 Å². The van der Waals surface area contributed by atoms with Crippen molar-refractivity contribution in [3.05, 3.63) is 42.5 Å². The lowest BCUT2D eigenvalue weighted by atomic mass is 10.1. The van der Waals surface area contributed by atoms with Gasteiger partial charge in [0, 0.05) is 12.1 Å². The molecule has 2 aromatic carbocycles. The fraction of sp³-hybridized carbons (Fsp3) is 0.231. The summed E-state index contributed by atoms with van der Waals surface area (Å²) in [6.45, 7) is 0. The van der Waals surface area contributed by atoms with E-state index in [9.17, 15) is 8.42 Å². The molecular weight excluding hydrogens is 248 g/mol. The highest BCUT2D eigenvalue weighted by atomic mass is 32.2. The number of benzene rings is 2. The number of nitrogens with two attached hydrogens (primary N) is 1. The molecule has 2 atom stereocenters. The minimum atomic E-state index is -3.45. The Morgan fingerprint density at radius 1 is 1.11 bits per heavy atom. The van der Waals surface area contributed by atoms with E-state index in [0.717, 1.165) is 10.8 Å². The Bertz CT molecular complexity index is 697. The van der Waals surface area contributed by atoms with E-state index in [2.05, 4.69) is 4.72 Å². The van der Waals surface area contributed by atoms with Crippen molar-refractivity contribution in [3.63, 3.8) is 0 Å². The summed E-state index contributed by atoms with van der Waals surface area (Å²) in [5, 5.41) is 1.94. The maximum Gasteiger partial charge on any atom is 0.240 e. The first kappa shape index (κ1) is 11.6. The Hall–Kier alpha value is -1.43.